The van der Waals surface area contributed by atoms with Crippen molar-refractivity contribution in [1.29, 1.82) is 0 Å². The minimum atomic E-state index is -0.784. The second-order valence-corrected chi connectivity index (χ2v) is 5.91. The fraction of sp³-hybridized carbons (Fsp3) is 0.294. The lowest BCUT2D eigenvalue weighted by atomic mass is 9.97. The van der Waals surface area contributed by atoms with E-state index in [4.69, 9.17) is 5.73 Å². The van der Waals surface area contributed by atoms with E-state index in [1.807, 2.05) is 6.92 Å². The molecule has 1 aliphatic rings. The van der Waals surface area contributed by atoms with Crippen molar-refractivity contribution in [1.82, 2.24) is 14.9 Å². The van der Waals surface area contributed by atoms with Gasteiger partial charge in [0.15, 0.2) is 11.4 Å². The molecular formula is C17H17FN4O2. The molecule has 1 fully saturated rings. The first-order valence-electron chi connectivity index (χ1n) is 7.64. The van der Waals surface area contributed by atoms with Crippen LogP contribution < -0.4 is 5.73 Å². The topological polar surface area (TPSA) is 89.2 Å². The summed E-state index contributed by atoms with van der Waals surface area (Å²) in [6.45, 7) is 2.40. The van der Waals surface area contributed by atoms with Crippen LogP contribution in [0.15, 0.2) is 36.7 Å². The van der Waals surface area contributed by atoms with Crippen LogP contribution >= 0.6 is 0 Å². The zero-order valence-electron chi connectivity index (χ0n) is 13.1. The van der Waals surface area contributed by atoms with E-state index in [-0.39, 0.29) is 35.1 Å². The third-order valence-corrected chi connectivity index (χ3v) is 4.31. The van der Waals surface area contributed by atoms with Gasteiger partial charge >= 0.3 is 0 Å². The van der Waals surface area contributed by atoms with Crippen LogP contribution in [-0.4, -0.2) is 39.3 Å². The van der Waals surface area contributed by atoms with Gasteiger partial charge in [-0.25, -0.2) is 14.4 Å². The lowest BCUT2D eigenvalue weighted by Crippen LogP contribution is -2.36. The second-order valence-electron chi connectivity index (χ2n) is 5.91. The van der Waals surface area contributed by atoms with Crippen molar-refractivity contribution in [3.63, 3.8) is 0 Å². The van der Waals surface area contributed by atoms with Crippen LogP contribution in [-0.2, 0) is 0 Å². The molecule has 124 valence electrons. The highest BCUT2D eigenvalue weighted by atomic mass is 19.1. The van der Waals surface area contributed by atoms with E-state index in [1.54, 1.807) is 17.0 Å². The molecule has 2 atom stereocenters. The molecule has 1 aliphatic heterocycles. The molecule has 2 aromatic rings. The highest BCUT2D eigenvalue weighted by Gasteiger charge is 2.35. The number of amides is 2. The van der Waals surface area contributed by atoms with Crippen molar-refractivity contribution in [3.05, 3.63) is 59.4 Å². The van der Waals surface area contributed by atoms with Crippen LogP contribution in [0.5, 0.6) is 0 Å². The fourth-order valence-corrected chi connectivity index (χ4v) is 3.10. The SMILES string of the molecule is C[C@H]1C[C@H](c2ccc(F)cc2)CN1C(=O)c1nccnc1C(N)=O. The molecule has 0 radical (unpaired) electrons. The minimum Gasteiger partial charge on any atom is -0.364 e. The predicted molar refractivity (Wildman–Crippen MR) is 84.8 cm³/mol. The monoisotopic (exact) mass is 328 g/mol. The molecule has 0 saturated carbocycles. The molecule has 2 heterocycles. The number of rotatable bonds is 3. The Kier molecular flexibility index (Phi) is 4.24. The quantitative estimate of drug-likeness (QED) is 0.929. The van der Waals surface area contributed by atoms with E-state index in [0.717, 1.165) is 12.0 Å². The maximum atomic E-state index is 13.1. The summed E-state index contributed by atoms with van der Waals surface area (Å²) in [5, 5.41) is 0. The van der Waals surface area contributed by atoms with Gasteiger partial charge in [-0.3, -0.25) is 9.59 Å². The van der Waals surface area contributed by atoms with Crippen molar-refractivity contribution in [2.75, 3.05) is 6.54 Å². The van der Waals surface area contributed by atoms with E-state index in [9.17, 15) is 14.0 Å². The highest BCUT2D eigenvalue weighted by molar-refractivity contribution is 6.04. The first kappa shape index (κ1) is 16.0. The van der Waals surface area contributed by atoms with Crippen LogP contribution in [0.25, 0.3) is 0 Å². The average Bonchev–Trinajstić information content (AvgIpc) is 2.96. The first-order chi connectivity index (χ1) is 11.5. The Bertz CT molecular complexity index is 778. The molecule has 0 unspecified atom stereocenters. The molecule has 2 N–H and O–H groups in total. The maximum Gasteiger partial charge on any atom is 0.275 e. The van der Waals surface area contributed by atoms with E-state index >= 15 is 0 Å². The number of carbonyl (C=O) groups excluding carboxylic acids is 2. The molecule has 2 amide bonds. The van der Waals surface area contributed by atoms with Crippen LogP contribution in [0.2, 0.25) is 0 Å². The molecule has 1 aromatic heterocycles. The van der Waals surface area contributed by atoms with Gasteiger partial charge in [0.25, 0.3) is 11.8 Å². The summed E-state index contributed by atoms with van der Waals surface area (Å²) in [5.41, 5.74) is 6.09. The lowest BCUT2D eigenvalue weighted by molar-refractivity contribution is 0.0733. The minimum absolute atomic E-state index is 0.0309. The standard InChI is InChI=1S/C17H17FN4O2/c1-10-8-12(11-2-4-13(18)5-3-11)9-22(10)17(24)15-14(16(19)23)20-6-7-21-15/h2-7,10,12H,8-9H2,1H3,(H2,19,23)/t10-,12-/m0/s1. The smallest absolute Gasteiger partial charge is 0.275 e. The van der Waals surface area contributed by atoms with Gasteiger partial charge in [0.2, 0.25) is 0 Å². The zero-order valence-corrected chi connectivity index (χ0v) is 13.1. The molecule has 6 nitrogen and oxygen atoms in total. The molecule has 7 heteroatoms. The van der Waals surface area contributed by atoms with E-state index in [1.165, 1.54) is 24.5 Å². The molecule has 0 aliphatic carbocycles. The number of halogens is 1. The van der Waals surface area contributed by atoms with Gasteiger partial charge in [0.05, 0.1) is 0 Å². The van der Waals surface area contributed by atoms with Crippen molar-refractivity contribution in [3.8, 4) is 0 Å². The van der Waals surface area contributed by atoms with Crippen molar-refractivity contribution >= 4 is 11.8 Å². The Morgan fingerprint density at radius 3 is 2.42 bits per heavy atom. The molecule has 3 rings (SSSR count). The largest absolute Gasteiger partial charge is 0.364 e. The molecule has 0 bridgehead atoms. The average molecular weight is 328 g/mol. The predicted octanol–water partition coefficient (Wildman–Crippen LogP) is 1.73. The van der Waals surface area contributed by atoms with Crippen molar-refractivity contribution in [2.45, 2.75) is 25.3 Å². The first-order valence-corrected chi connectivity index (χ1v) is 7.64. The Morgan fingerprint density at radius 2 is 1.79 bits per heavy atom. The summed E-state index contributed by atoms with van der Waals surface area (Å²) >= 11 is 0. The summed E-state index contributed by atoms with van der Waals surface area (Å²) in [4.78, 5) is 33.7. The van der Waals surface area contributed by atoms with Crippen LogP contribution in [0, 0.1) is 5.82 Å². The van der Waals surface area contributed by atoms with Gasteiger partial charge < -0.3 is 10.6 Å². The molecule has 0 spiro atoms. The number of nitrogens with two attached hydrogens (primary N) is 1. The van der Waals surface area contributed by atoms with Gasteiger partial charge in [0, 0.05) is 30.9 Å². The Balaban J connectivity index is 1.84. The Labute approximate surface area is 138 Å². The number of hydrogen-bond acceptors (Lipinski definition) is 4. The zero-order chi connectivity index (χ0) is 17.3. The number of likely N-dealkylation sites (tertiary alicyclic amines) is 1. The fourth-order valence-electron chi connectivity index (χ4n) is 3.10. The summed E-state index contributed by atoms with van der Waals surface area (Å²) in [7, 11) is 0. The highest BCUT2D eigenvalue weighted by Crippen LogP contribution is 2.32. The summed E-state index contributed by atoms with van der Waals surface area (Å²) in [6.07, 6.45) is 3.44. The van der Waals surface area contributed by atoms with Gasteiger partial charge in [-0.1, -0.05) is 12.1 Å². The Hall–Kier alpha value is -2.83. The normalized spacial score (nSPS) is 20.2. The number of benzene rings is 1. The summed E-state index contributed by atoms with van der Waals surface area (Å²) in [5.74, 6) is -1.33. The molecule has 1 saturated heterocycles. The summed E-state index contributed by atoms with van der Waals surface area (Å²) in [6, 6.07) is 6.27. The van der Waals surface area contributed by atoms with Crippen LogP contribution in [0.4, 0.5) is 4.39 Å². The number of hydrogen-bond donors (Lipinski definition) is 1. The number of primary amides is 1. The van der Waals surface area contributed by atoms with Crippen molar-refractivity contribution in [2.24, 2.45) is 5.73 Å². The molecular weight excluding hydrogens is 311 g/mol. The number of carbonyl (C=O) groups is 2. The van der Waals surface area contributed by atoms with Gasteiger partial charge in [0.1, 0.15) is 5.82 Å². The summed E-state index contributed by atoms with van der Waals surface area (Å²) < 4.78 is 13.1. The number of nitrogens with zero attached hydrogens (tertiary/aromatic N) is 3. The van der Waals surface area contributed by atoms with Crippen molar-refractivity contribution < 1.29 is 14.0 Å². The lowest BCUT2D eigenvalue weighted by Gasteiger charge is -2.21. The maximum absolute atomic E-state index is 13.1. The van der Waals surface area contributed by atoms with E-state index < -0.39 is 5.91 Å². The second kappa shape index (κ2) is 6.35. The third-order valence-electron chi connectivity index (χ3n) is 4.31. The van der Waals surface area contributed by atoms with E-state index in [2.05, 4.69) is 9.97 Å². The number of aromatic nitrogens is 2. The van der Waals surface area contributed by atoms with Crippen LogP contribution in [0.3, 0.4) is 0 Å². The van der Waals surface area contributed by atoms with Gasteiger partial charge in [-0.15, -0.1) is 0 Å². The van der Waals surface area contributed by atoms with Crippen LogP contribution in [0.1, 0.15) is 45.8 Å². The third kappa shape index (κ3) is 2.97. The van der Waals surface area contributed by atoms with Gasteiger partial charge in [-0.2, -0.15) is 0 Å². The molecule has 1 aromatic carbocycles. The van der Waals surface area contributed by atoms with Gasteiger partial charge in [-0.05, 0) is 31.0 Å². The van der Waals surface area contributed by atoms with E-state index in [0.29, 0.717) is 6.54 Å². The Morgan fingerprint density at radius 1 is 1.17 bits per heavy atom. The molecule has 24 heavy (non-hydrogen) atoms.